The van der Waals surface area contributed by atoms with E-state index in [9.17, 15) is 4.79 Å². The van der Waals surface area contributed by atoms with Crippen molar-refractivity contribution < 1.29 is 4.79 Å². The van der Waals surface area contributed by atoms with Gasteiger partial charge in [-0.15, -0.1) is 0 Å². The van der Waals surface area contributed by atoms with E-state index >= 15 is 0 Å². The zero-order chi connectivity index (χ0) is 19.3. The van der Waals surface area contributed by atoms with Crippen LogP contribution in [0.2, 0.25) is 0 Å². The Bertz CT molecular complexity index is 1130. The number of para-hydroxylation sites is 1. The first kappa shape index (κ1) is 17.3. The quantitative estimate of drug-likeness (QED) is 0.415. The van der Waals surface area contributed by atoms with E-state index in [-0.39, 0.29) is 5.91 Å². The van der Waals surface area contributed by atoms with Crippen molar-refractivity contribution in [3.05, 3.63) is 72.7 Å². The lowest BCUT2D eigenvalue weighted by Gasteiger charge is -2.04. The number of hydrazone groups is 1. The third kappa shape index (κ3) is 3.70. The lowest BCUT2D eigenvalue weighted by atomic mass is 10.2. The average molecular weight is 371 g/mol. The maximum absolute atomic E-state index is 11.1. The molecule has 0 unspecified atom stereocenters. The van der Waals surface area contributed by atoms with Gasteiger partial charge in [-0.2, -0.15) is 10.2 Å². The van der Waals surface area contributed by atoms with Crippen LogP contribution in [0.1, 0.15) is 12.5 Å². The highest BCUT2D eigenvalue weighted by molar-refractivity contribution is 5.90. The van der Waals surface area contributed by atoms with E-state index in [1.807, 2.05) is 54.6 Å². The summed E-state index contributed by atoms with van der Waals surface area (Å²) >= 11 is 0. The number of hydrogen-bond donors (Lipinski definition) is 2. The van der Waals surface area contributed by atoms with Crippen molar-refractivity contribution in [2.75, 3.05) is 10.7 Å². The number of fused-ring (bicyclic) bond motifs is 1. The Hall–Kier alpha value is -4.07. The van der Waals surface area contributed by atoms with Crippen LogP contribution in [0.5, 0.6) is 0 Å². The molecule has 2 aromatic heterocycles. The van der Waals surface area contributed by atoms with E-state index in [1.54, 1.807) is 17.1 Å². The minimum Gasteiger partial charge on any atom is -0.326 e. The van der Waals surface area contributed by atoms with Gasteiger partial charge in [0, 0.05) is 12.6 Å². The van der Waals surface area contributed by atoms with Crippen molar-refractivity contribution >= 4 is 34.7 Å². The zero-order valence-corrected chi connectivity index (χ0v) is 15.1. The molecule has 0 aliphatic rings. The standard InChI is InChI=1S/C20H17N7O/c1-14(28)25-16-9-7-15(8-10-16)11-23-26-19-18-12-24-27(20(18)22-13-21-19)17-5-3-2-4-6-17/h2-13H,1H3,(H,25,28)(H,21,22,26). The molecular formula is C20H17N7O. The predicted octanol–water partition coefficient (Wildman–Crippen LogP) is 3.22. The summed E-state index contributed by atoms with van der Waals surface area (Å²) in [4.78, 5) is 19.7. The fraction of sp³-hybridized carbons (Fsp3) is 0.0500. The van der Waals surface area contributed by atoms with Gasteiger partial charge in [-0.1, -0.05) is 30.3 Å². The van der Waals surface area contributed by atoms with Gasteiger partial charge in [0.25, 0.3) is 0 Å². The van der Waals surface area contributed by atoms with Gasteiger partial charge in [0.15, 0.2) is 11.5 Å². The Kier molecular flexibility index (Phi) is 4.75. The highest BCUT2D eigenvalue weighted by Crippen LogP contribution is 2.21. The van der Waals surface area contributed by atoms with E-state index in [4.69, 9.17) is 0 Å². The maximum atomic E-state index is 11.1. The molecule has 0 saturated carbocycles. The molecule has 0 atom stereocenters. The molecule has 0 bridgehead atoms. The monoisotopic (exact) mass is 371 g/mol. The smallest absolute Gasteiger partial charge is 0.221 e. The molecule has 2 N–H and O–H groups in total. The van der Waals surface area contributed by atoms with Crippen LogP contribution in [0.15, 0.2) is 72.2 Å². The van der Waals surface area contributed by atoms with Gasteiger partial charge in [0.2, 0.25) is 5.91 Å². The summed E-state index contributed by atoms with van der Waals surface area (Å²) in [5.41, 5.74) is 6.18. The molecule has 2 aromatic carbocycles. The maximum Gasteiger partial charge on any atom is 0.221 e. The van der Waals surface area contributed by atoms with Crippen molar-refractivity contribution in [1.29, 1.82) is 0 Å². The fourth-order valence-electron chi connectivity index (χ4n) is 2.72. The molecule has 4 rings (SSSR count). The Labute approximate surface area is 160 Å². The normalized spacial score (nSPS) is 11.0. The number of hydrogen-bond acceptors (Lipinski definition) is 6. The first-order valence-corrected chi connectivity index (χ1v) is 8.61. The van der Waals surface area contributed by atoms with Crippen molar-refractivity contribution in [3.63, 3.8) is 0 Å². The molecular weight excluding hydrogens is 354 g/mol. The molecule has 2 heterocycles. The molecule has 8 heteroatoms. The number of carbonyl (C=O) groups is 1. The van der Waals surface area contributed by atoms with Crippen molar-refractivity contribution in [3.8, 4) is 5.69 Å². The number of carbonyl (C=O) groups excluding carboxylic acids is 1. The van der Waals surface area contributed by atoms with Crippen LogP contribution in [0.4, 0.5) is 11.5 Å². The van der Waals surface area contributed by atoms with Crippen LogP contribution in [-0.4, -0.2) is 31.9 Å². The van der Waals surface area contributed by atoms with Crippen molar-refractivity contribution in [1.82, 2.24) is 19.7 Å². The van der Waals surface area contributed by atoms with Crippen molar-refractivity contribution in [2.45, 2.75) is 6.92 Å². The molecule has 0 fully saturated rings. The van der Waals surface area contributed by atoms with Crippen molar-refractivity contribution in [2.24, 2.45) is 5.10 Å². The molecule has 0 radical (unpaired) electrons. The largest absolute Gasteiger partial charge is 0.326 e. The molecule has 0 aliphatic heterocycles. The number of nitrogens with zero attached hydrogens (tertiary/aromatic N) is 5. The molecule has 138 valence electrons. The Morgan fingerprint density at radius 3 is 2.61 bits per heavy atom. The Morgan fingerprint density at radius 2 is 1.86 bits per heavy atom. The van der Waals surface area contributed by atoms with Gasteiger partial charge in [0.1, 0.15) is 6.33 Å². The summed E-state index contributed by atoms with van der Waals surface area (Å²) in [5.74, 6) is 0.463. The van der Waals surface area contributed by atoms with Gasteiger partial charge in [-0.3, -0.25) is 10.2 Å². The van der Waals surface area contributed by atoms with E-state index in [2.05, 4.69) is 30.9 Å². The second-order valence-corrected chi connectivity index (χ2v) is 6.02. The molecule has 0 spiro atoms. The first-order chi connectivity index (χ1) is 13.7. The van der Waals surface area contributed by atoms with Crippen LogP contribution in [0.3, 0.4) is 0 Å². The molecule has 4 aromatic rings. The highest BCUT2D eigenvalue weighted by Gasteiger charge is 2.10. The molecule has 8 nitrogen and oxygen atoms in total. The first-order valence-electron chi connectivity index (χ1n) is 8.61. The third-order valence-corrected chi connectivity index (χ3v) is 3.98. The lowest BCUT2D eigenvalue weighted by Crippen LogP contribution is -2.05. The Balaban J connectivity index is 1.53. The second-order valence-electron chi connectivity index (χ2n) is 6.02. The number of amides is 1. The number of benzene rings is 2. The van der Waals surface area contributed by atoms with Gasteiger partial charge >= 0.3 is 0 Å². The molecule has 0 saturated heterocycles. The average Bonchev–Trinajstić information content (AvgIpc) is 3.15. The summed E-state index contributed by atoms with van der Waals surface area (Å²) < 4.78 is 1.76. The minimum atomic E-state index is -0.105. The SMILES string of the molecule is CC(=O)Nc1ccc(C=NNc2ncnc3c2cnn3-c2ccccc2)cc1. The van der Waals surface area contributed by atoms with Gasteiger partial charge in [0.05, 0.1) is 23.5 Å². The lowest BCUT2D eigenvalue weighted by molar-refractivity contribution is -0.114. The van der Waals surface area contributed by atoms with Gasteiger partial charge in [-0.05, 0) is 29.8 Å². The third-order valence-electron chi connectivity index (χ3n) is 3.98. The number of aromatic nitrogens is 4. The number of anilines is 2. The highest BCUT2D eigenvalue weighted by atomic mass is 16.1. The number of nitrogens with one attached hydrogen (secondary N) is 2. The molecule has 1 amide bonds. The van der Waals surface area contributed by atoms with Gasteiger partial charge < -0.3 is 5.32 Å². The fourth-order valence-corrected chi connectivity index (χ4v) is 2.72. The topological polar surface area (TPSA) is 97.1 Å². The summed E-state index contributed by atoms with van der Waals surface area (Å²) in [6.45, 7) is 1.47. The Morgan fingerprint density at radius 1 is 1.07 bits per heavy atom. The summed E-state index contributed by atoms with van der Waals surface area (Å²) in [6.07, 6.45) is 4.86. The molecule has 28 heavy (non-hydrogen) atoms. The van der Waals surface area contributed by atoms with E-state index in [0.29, 0.717) is 11.5 Å². The second kappa shape index (κ2) is 7.67. The number of rotatable bonds is 5. The van der Waals surface area contributed by atoms with Crippen LogP contribution < -0.4 is 10.7 Å². The molecule has 0 aliphatic carbocycles. The van der Waals surface area contributed by atoms with Crippen LogP contribution >= 0.6 is 0 Å². The summed E-state index contributed by atoms with van der Waals surface area (Å²) in [5, 5.41) is 12.2. The summed E-state index contributed by atoms with van der Waals surface area (Å²) in [6, 6.07) is 17.1. The van der Waals surface area contributed by atoms with Crippen LogP contribution in [-0.2, 0) is 4.79 Å². The van der Waals surface area contributed by atoms with Crippen LogP contribution in [0.25, 0.3) is 16.7 Å². The zero-order valence-electron chi connectivity index (χ0n) is 15.1. The summed E-state index contributed by atoms with van der Waals surface area (Å²) in [7, 11) is 0. The van der Waals surface area contributed by atoms with E-state index in [0.717, 1.165) is 22.3 Å². The van der Waals surface area contributed by atoms with Gasteiger partial charge in [-0.25, -0.2) is 14.6 Å². The van der Waals surface area contributed by atoms with E-state index in [1.165, 1.54) is 13.3 Å². The predicted molar refractivity (Wildman–Crippen MR) is 109 cm³/mol. The van der Waals surface area contributed by atoms with Crippen LogP contribution in [0, 0.1) is 0 Å². The van der Waals surface area contributed by atoms with E-state index < -0.39 is 0 Å². The minimum absolute atomic E-state index is 0.105.